The fourth-order valence-electron chi connectivity index (χ4n) is 4.75. The zero-order chi connectivity index (χ0) is 39.4. The molecule has 0 saturated heterocycles. The number of rotatable bonds is 30. The Morgan fingerprint density at radius 3 is 1.81 bits per heavy atom. The summed E-state index contributed by atoms with van der Waals surface area (Å²) >= 11 is 0. The van der Waals surface area contributed by atoms with E-state index < -0.39 is 60.0 Å². The van der Waals surface area contributed by atoms with Gasteiger partial charge in [-0.1, -0.05) is 32.9 Å². The second kappa shape index (κ2) is 28.6. The van der Waals surface area contributed by atoms with Crippen LogP contribution in [0.5, 0.6) is 0 Å². The van der Waals surface area contributed by atoms with Crippen molar-refractivity contribution in [3.05, 3.63) is 29.8 Å². The average Bonchev–Trinajstić information content (AvgIpc) is 3.11. The van der Waals surface area contributed by atoms with E-state index in [0.717, 1.165) is 12.0 Å². The van der Waals surface area contributed by atoms with Crippen molar-refractivity contribution in [3.63, 3.8) is 0 Å². The van der Waals surface area contributed by atoms with Gasteiger partial charge in [-0.15, -0.1) is 0 Å². The fraction of sp³-hybridized carbons (Fsp3) is 0.686. The van der Waals surface area contributed by atoms with Gasteiger partial charge >= 0.3 is 6.03 Å². The van der Waals surface area contributed by atoms with Gasteiger partial charge in [0.2, 0.25) is 23.6 Å². The number of hydrogen-bond acceptors (Lipinski definition) is 12. The van der Waals surface area contributed by atoms with Crippen molar-refractivity contribution in [1.29, 1.82) is 0 Å². The lowest BCUT2D eigenvalue weighted by Gasteiger charge is -2.27. The summed E-state index contributed by atoms with van der Waals surface area (Å²) in [6.07, 6.45) is -0.902. The van der Waals surface area contributed by atoms with Crippen LogP contribution in [0.2, 0.25) is 0 Å². The van der Waals surface area contributed by atoms with Gasteiger partial charge in [0.1, 0.15) is 18.1 Å². The van der Waals surface area contributed by atoms with Crippen LogP contribution in [0.25, 0.3) is 0 Å². The Morgan fingerprint density at radius 1 is 0.717 bits per heavy atom. The fourth-order valence-corrected chi connectivity index (χ4v) is 4.75. The van der Waals surface area contributed by atoms with E-state index in [4.69, 9.17) is 30.4 Å². The minimum absolute atomic E-state index is 0.0410. The van der Waals surface area contributed by atoms with Gasteiger partial charge in [-0.25, -0.2) is 4.79 Å². The Labute approximate surface area is 311 Å². The van der Waals surface area contributed by atoms with Crippen LogP contribution < -0.4 is 38.1 Å². The molecule has 1 aromatic rings. The molecule has 11 N–H and O–H groups in total. The van der Waals surface area contributed by atoms with Crippen LogP contribution in [0.4, 0.5) is 10.5 Å². The molecule has 0 heterocycles. The monoisotopic (exact) mass is 755 g/mol. The molecule has 302 valence electrons. The van der Waals surface area contributed by atoms with Crippen molar-refractivity contribution in [2.24, 2.45) is 17.4 Å². The predicted octanol–water partition coefficient (Wildman–Crippen LogP) is -0.747. The lowest BCUT2D eigenvalue weighted by molar-refractivity contribution is -0.134. The van der Waals surface area contributed by atoms with Gasteiger partial charge in [-0.3, -0.25) is 19.2 Å². The van der Waals surface area contributed by atoms with Gasteiger partial charge in [0.25, 0.3) is 0 Å². The van der Waals surface area contributed by atoms with Crippen molar-refractivity contribution in [1.82, 2.24) is 21.3 Å². The summed E-state index contributed by atoms with van der Waals surface area (Å²) in [6.45, 7) is 8.70. The van der Waals surface area contributed by atoms with E-state index in [-0.39, 0.29) is 52.0 Å². The summed E-state index contributed by atoms with van der Waals surface area (Å²) < 4.78 is 21.4. The first kappa shape index (κ1) is 47.1. The maximum atomic E-state index is 13.6. The lowest BCUT2D eigenvalue weighted by atomic mass is 10.0. The van der Waals surface area contributed by atoms with Crippen molar-refractivity contribution < 1.29 is 53.1 Å². The first-order valence-corrected chi connectivity index (χ1v) is 18.1. The topological polar surface area (TPSA) is 275 Å². The van der Waals surface area contributed by atoms with Gasteiger partial charge in [0.15, 0.2) is 6.29 Å². The van der Waals surface area contributed by atoms with Gasteiger partial charge in [0.05, 0.1) is 52.9 Å². The second-order valence-corrected chi connectivity index (χ2v) is 12.4. The largest absolute Gasteiger partial charge is 0.379 e. The standard InChI is InChI=1S/C35H61N7O11/c1-4-25-7-9-26(10-8-25)39-32(46)27(6-5-15-38-35(37)49)41-34(48)31(24(2)3)42-33(47)28(11-12-30(44)45)40-29(43)13-16-50-18-20-52-22-23-53-21-19-51-17-14-36/h7-10,24,27-28,30-31,44-45H,4-6,11-23,36H2,1-3H3,(H,39,46)(H,40,43)(H,41,48)(H,42,47)(H3,37,38,49)/t27-,28+,31-/m0/s1. The zero-order valence-corrected chi connectivity index (χ0v) is 31.2. The molecule has 0 saturated carbocycles. The summed E-state index contributed by atoms with van der Waals surface area (Å²) in [5.74, 6) is -2.84. The normalized spacial score (nSPS) is 12.9. The Balaban J connectivity index is 2.76. The van der Waals surface area contributed by atoms with Gasteiger partial charge in [-0.2, -0.15) is 0 Å². The number of ether oxygens (including phenoxy) is 4. The van der Waals surface area contributed by atoms with Crippen LogP contribution >= 0.6 is 0 Å². The third-order valence-corrected chi connectivity index (χ3v) is 7.70. The smallest absolute Gasteiger partial charge is 0.312 e. The number of amides is 6. The van der Waals surface area contributed by atoms with Crippen LogP contribution in [-0.2, 0) is 44.5 Å². The Kier molecular flexibility index (Phi) is 25.4. The van der Waals surface area contributed by atoms with E-state index >= 15 is 0 Å². The number of aliphatic hydroxyl groups excluding tert-OH is 1. The summed E-state index contributed by atoms with van der Waals surface area (Å²) in [7, 11) is 0. The van der Waals surface area contributed by atoms with E-state index in [1.807, 2.05) is 19.1 Å². The Bertz CT molecular complexity index is 1210. The van der Waals surface area contributed by atoms with E-state index in [1.54, 1.807) is 26.0 Å². The average molecular weight is 756 g/mol. The van der Waals surface area contributed by atoms with Crippen molar-refractivity contribution in [2.75, 3.05) is 71.3 Å². The number of urea groups is 1. The Hall–Kier alpha value is -3.91. The summed E-state index contributed by atoms with van der Waals surface area (Å²) in [4.78, 5) is 64.1. The van der Waals surface area contributed by atoms with E-state index in [1.165, 1.54) is 0 Å². The lowest BCUT2D eigenvalue weighted by Crippen LogP contribution is -2.58. The number of hydrogen-bond donors (Lipinski definition) is 9. The molecule has 18 nitrogen and oxygen atoms in total. The molecule has 0 aliphatic rings. The maximum Gasteiger partial charge on any atom is 0.312 e. The first-order valence-electron chi connectivity index (χ1n) is 18.1. The van der Waals surface area contributed by atoms with Crippen LogP contribution in [-0.4, -0.2) is 130 Å². The zero-order valence-electron chi connectivity index (χ0n) is 31.2. The van der Waals surface area contributed by atoms with Gasteiger partial charge < -0.3 is 67.2 Å². The van der Waals surface area contributed by atoms with Crippen molar-refractivity contribution in [3.8, 4) is 0 Å². The number of nitrogens with two attached hydrogens (primary N) is 2. The molecule has 1 aromatic carbocycles. The molecular weight excluding hydrogens is 694 g/mol. The molecule has 53 heavy (non-hydrogen) atoms. The van der Waals surface area contributed by atoms with Crippen molar-refractivity contribution >= 4 is 35.3 Å². The summed E-state index contributed by atoms with van der Waals surface area (Å²) in [5.41, 5.74) is 12.1. The number of anilines is 1. The number of nitrogens with one attached hydrogen (secondary N) is 5. The summed E-state index contributed by atoms with van der Waals surface area (Å²) in [6, 6.07) is 3.18. The third-order valence-electron chi connectivity index (χ3n) is 7.70. The molecule has 3 atom stereocenters. The van der Waals surface area contributed by atoms with E-state index in [0.29, 0.717) is 51.7 Å². The molecular formula is C35H61N7O11. The number of benzene rings is 1. The van der Waals surface area contributed by atoms with Gasteiger partial charge in [0, 0.05) is 31.6 Å². The van der Waals surface area contributed by atoms with E-state index in [9.17, 15) is 34.2 Å². The highest BCUT2D eigenvalue weighted by molar-refractivity contribution is 5.99. The molecule has 0 aromatic heterocycles. The van der Waals surface area contributed by atoms with Crippen LogP contribution in [0, 0.1) is 5.92 Å². The molecule has 0 fully saturated rings. The van der Waals surface area contributed by atoms with E-state index in [2.05, 4.69) is 26.6 Å². The molecule has 1 rings (SSSR count). The SMILES string of the molecule is CCc1ccc(NC(=O)[C@H](CCCNC(N)=O)NC(=O)[C@@H](NC(=O)[C@@H](CCC(O)O)NC(=O)CCOCCOCCOCCOCCN)C(C)C)cc1. The molecule has 0 aliphatic heterocycles. The molecule has 6 amide bonds. The number of aliphatic hydroxyl groups is 2. The number of carbonyl (C=O) groups excluding carboxylic acids is 5. The molecule has 0 aliphatic carbocycles. The maximum absolute atomic E-state index is 13.6. The Morgan fingerprint density at radius 2 is 1.28 bits per heavy atom. The summed E-state index contributed by atoms with van der Waals surface area (Å²) in [5, 5.41) is 32.1. The highest BCUT2D eigenvalue weighted by atomic mass is 16.6. The minimum Gasteiger partial charge on any atom is -0.379 e. The second-order valence-electron chi connectivity index (χ2n) is 12.4. The molecule has 18 heteroatoms. The molecule has 0 spiro atoms. The quantitative estimate of drug-likeness (QED) is 0.0347. The molecule has 0 radical (unpaired) electrons. The number of aryl methyl sites for hydroxylation is 1. The number of primary amides is 1. The van der Waals surface area contributed by atoms with Crippen LogP contribution in [0.15, 0.2) is 24.3 Å². The van der Waals surface area contributed by atoms with Gasteiger partial charge in [-0.05, 0) is 49.3 Å². The highest BCUT2D eigenvalue weighted by Crippen LogP contribution is 2.13. The minimum atomic E-state index is -1.73. The first-order chi connectivity index (χ1) is 25.4. The van der Waals surface area contributed by atoms with Crippen LogP contribution in [0.1, 0.15) is 58.4 Å². The molecule has 0 unspecified atom stereocenters. The third kappa shape index (κ3) is 22.7. The van der Waals surface area contributed by atoms with Crippen LogP contribution in [0.3, 0.4) is 0 Å². The number of carbonyl (C=O) groups is 5. The highest BCUT2D eigenvalue weighted by Gasteiger charge is 2.31. The predicted molar refractivity (Wildman–Crippen MR) is 196 cm³/mol. The molecule has 0 bridgehead atoms. The van der Waals surface area contributed by atoms with Crippen molar-refractivity contribution in [2.45, 2.75) is 83.7 Å².